The fraction of sp³-hybridized carbons (Fsp3) is 0.429. The summed E-state index contributed by atoms with van der Waals surface area (Å²) in [6, 6.07) is 10.9. The number of carbonyl (C=O) groups is 1. The lowest BCUT2D eigenvalue weighted by molar-refractivity contribution is 0.0950. The molecule has 0 bridgehead atoms. The first-order valence-corrected chi connectivity index (χ1v) is 9.20. The molecule has 1 N–H and O–H groups in total. The number of hydrogen-bond acceptors (Lipinski definition) is 3. The quantitative estimate of drug-likeness (QED) is 0.833. The monoisotopic (exact) mass is 355 g/mol. The highest BCUT2D eigenvalue weighted by atomic mass is 19.1. The van der Waals surface area contributed by atoms with E-state index in [1.165, 1.54) is 24.2 Å². The Balaban J connectivity index is 1.64. The van der Waals surface area contributed by atoms with Crippen molar-refractivity contribution in [3.8, 4) is 0 Å². The van der Waals surface area contributed by atoms with Gasteiger partial charge in [-0.05, 0) is 35.4 Å². The van der Waals surface area contributed by atoms with Gasteiger partial charge >= 0.3 is 0 Å². The Labute approximate surface area is 154 Å². The van der Waals surface area contributed by atoms with Crippen LogP contribution in [-0.4, -0.2) is 28.9 Å². The maximum absolute atomic E-state index is 13.2. The number of pyridine rings is 1. The fourth-order valence-corrected chi connectivity index (χ4v) is 3.87. The van der Waals surface area contributed by atoms with Gasteiger partial charge in [0.25, 0.3) is 5.91 Å². The molecule has 2 atom stereocenters. The Kier molecular flexibility index (Phi) is 5.99. The molecule has 1 aromatic heterocycles. The van der Waals surface area contributed by atoms with Crippen molar-refractivity contribution in [1.29, 1.82) is 0 Å². The molecule has 1 amide bonds. The SMILES string of the molecule is CC1CC(C)CN(Cc2ccccc2CNC(=O)c2ccnc(F)c2)C1. The van der Waals surface area contributed by atoms with Gasteiger partial charge in [-0.2, -0.15) is 4.39 Å². The van der Waals surface area contributed by atoms with Crippen molar-refractivity contribution in [3.63, 3.8) is 0 Å². The van der Waals surface area contributed by atoms with Gasteiger partial charge in [0.05, 0.1) is 0 Å². The topological polar surface area (TPSA) is 45.2 Å². The molecule has 0 aliphatic carbocycles. The van der Waals surface area contributed by atoms with E-state index in [4.69, 9.17) is 0 Å². The minimum Gasteiger partial charge on any atom is -0.348 e. The number of nitrogens with one attached hydrogen (secondary N) is 1. The first-order valence-electron chi connectivity index (χ1n) is 9.20. The van der Waals surface area contributed by atoms with Crippen LogP contribution in [-0.2, 0) is 13.1 Å². The first-order chi connectivity index (χ1) is 12.5. The number of benzene rings is 1. The maximum atomic E-state index is 13.2. The van der Waals surface area contributed by atoms with Crippen LogP contribution in [0.4, 0.5) is 4.39 Å². The van der Waals surface area contributed by atoms with Gasteiger partial charge in [0, 0.05) is 44.0 Å². The molecular formula is C21H26FN3O. The highest BCUT2D eigenvalue weighted by Crippen LogP contribution is 2.23. The highest BCUT2D eigenvalue weighted by Gasteiger charge is 2.22. The molecule has 4 nitrogen and oxygen atoms in total. The second-order valence-electron chi connectivity index (χ2n) is 7.46. The van der Waals surface area contributed by atoms with Crippen LogP contribution >= 0.6 is 0 Å². The molecule has 1 aliphatic heterocycles. The molecule has 0 saturated carbocycles. The highest BCUT2D eigenvalue weighted by molar-refractivity contribution is 5.93. The van der Waals surface area contributed by atoms with Crippen molar-refractivity contribution in [3.05, 3.63) is 65.2 Å². The Morgan fingerprint density at radius 2 is 1.88 bits per heavy atom. The van der Waals surface area contributed by atoms with Crippen molar-refractivity contribution in [1.82, 2.24) is 15.2 Å². The molecule has 1 aliphatic rings. The van der Waals surface area contributed by atoms with E-state index >= 15 is 0 Å². The number of halogens is 1. The van der Waals surface area contributed by atoms with E-state index in [1.54, 1.807) is 0 Å². The largest absolute Gasteiger partial charge is 0.348 e. The second-order valence-corrected chi connectivity index (χ2v) is 7.46. The van der Waals surface area contributed by atoms with E-state index in [-0.39, 0.29) is 11.5 Å². The summed E-state index contributed by atoms with van der Waals surface area (Å²) in [5.41, 5.74) is 2.62. The number of hydrogen-bond donors (Lipinski definition) is 1. The average molecular weight is 355 g/mol. The summed E-state index contributed by atoms with van der Waals surface area (Å²) in [4.78, 5) is 18.2. The lowest BCUT2D eigenvalue weighted by Gasteiger charge is -2.35. The number of likely N-dealkylation sites (tertiary alicyclic amines) is 1. The Morgan fingerprint density at radius 1 is 1.19 bits per heavy atom. The fourth-order valence-electron chi connectivity index (χ4n) is 3.87. The zero-order chi connectivity index (χ0) is 18.5. The molecule has 2 aromatic rings. The van der Waals surface area contributed by atoms with Crippen molar-refractivity contribution < 1.29 is 9.18 Å². The second kappa shape index (κ2) is 8.41. The van der Waals surface area contributed by atoms with E-state index in [0.29, 0.717) is 18.4 Å². The minimum atomic E-state index is -0.647. The van der Waals surface area contributed by atoms with Crippen LogP contribution in [0, 0.1) is 17.8 Å². The molecule has 2 unspecified atom stereocenters. The number of piperidine rings is 1. The number of carbonyl (C=O) groups excluding carboxylic acids is 1. The maximum Gasteiger partial charge on any atom is 0.251 e. The van der Waals surface area contributed by atoms with E-state index < -0.39 is 5.95 Å². The van der Waals surface area contributed by atoms with Gasteiger partial charge in [-0.1, -0.05) is 38.1 Å². The summed E-state index contributed by atoms with van der Waals surface area (Å²) < 4.78 is 13.2. The molecule has 0 radical (unpaired) electrons. The number of rotatable bonds is 5. The van der Waals surface area contributed by atoms with Crippen LogP contribution in [0.3, 0.4) is 0 Å². The van der Waals surface area contributed by atoms with Crippen LogP contribution in [0.1, 0.15) is 41.8 Å². The summed E-state index contributed by atoms with van der Waals surface area (Å²) >= 11 is 0. The number of amides is 1. The van der Waals surface area contributed by atoms with Crippen molar-refractivity contribution >= 4 is 5.91 Å². The molecule has 138 valence electrons. The summed E-state index contributed by atoms with van der Waals surface area (Å²) in [6.45, 7) is 8.16. The van der Waals surface area contributed by atoms with Gasteiger partial charge in [0.2, 0.25) is 5.95 Å². The van der Waals surface area contributed by atoms with Crippen molar-refractivity contribution in [2.24, 2.45) is 11.8 Å². The van der Waals surface area contributed by atoms with Gasteiger partial charge < -0.3 is 5.32 Å². The standard InChI is InChI=1S/C21H26FN3O/c1-15-9-16(2)13-25(12-15)14-19-6-4-3-5-18(19)11-24-21(26)17-7-8-23-20(22)10-17/h3-8,10,15-16H,9,11-14H2,1-2H3,(H,24,26). The molecule has 1 fully saturated rings. The Morgan fingerprint density at radius 3 is 2.58 bits per heavy atom. The van der Waals surface area contributed by atoms with E-state index in [0.717, 1.165) is 31.3 Å². The normalized spacial score (nSPS) is 20.7. The van der Waals surface area contributed by atoms with Gasteiger partial charge in [-0.15, -0.1) is 0 Å². The summed E-state index contributed by atoms with van der Waals surface area (Å²) in [5, 5.41) is 2.89. The smallest absolute Gasteiger partial charge is 0.251 e. The van der Waals surface area contributed by atoms with Crippen LogP contribution in [0.25, 0.3) is 0 Å². The third-order valence-electron chi connectivity index (χ3n) is 4.88. The molecule has 1 saturated heterocycles. The third kappa shape index (κ3) is 4.88. The summed E-state index contributed by atoms with van der Waals surface area (Å²) in [5.74, 6) is 0.493. The van der Waals surface area contributed by atoms with Crippen LogP contribution in [0.2, 0.25) is 0 Å². The lowest BCUT2D eigenvalue weighted by Crippen LogP contribution is -2.38. The minimum absolute atomic E-state index is 0.286. The van der Waals surface area contributed by atoms with E-state index in [2.05, 4.69) is 35.1 Å². The summed E-state index contributed by atoms with van der Waals surface area (Å²) in [7, 11) is 0. The van der Waals surface area contributed by atoms with Gasteiger partial charge in [-0.25, -0.2) is 4.98 Å². The third-order valence-corrected chi connectivity index (χ3v) is 4.88. The van der Waals surface area contributed by atoms with Crippen LogP contribution in [0.15, 0.2) is 42.6 Å². The Hall–Kier alpha value is -2.27. The van der Waals surface area contributed by atoms with Crippen molar-refractivity contribution in [2.75, 3.05) is 13.1 Å². The molecule has 2 heterocycles. The number of aromatic nitrogens is 1. The summed E-state index contributed by atoms with van der Waals surface area (Å²) in [6.07, 6.45) is 2.59. The van der Waals surface area contributed by atoms with Gasteiger partial charge in [0.15, 0.2) is 0 Å². The van der Waals surface area contributed by atoms with E-state index in [1.807, 2.05) is 18.2 Å². The number of nitrogens with zero attached hydrogens (tertiary/aromatic N) is 2. The zero-order valence-electron chi connectivity index (χ0n) is 15.4. The Bertz CT molecular complexity index is 754. The van der Waals surface area contributed by atoms with Crippen molar-refractivity contribution in [2.45, 2.75) is 33.4 Å². The first kappa shape index (κ1) is 18.5. The predicted octanol–water partition coefficient (Wildman–Crippen LogP) is 3.63. The van der Waals surface area contributed by atoms with Crippen LogP contribution in [0.5, 0.6) is 0 Å². The molecule has 26 heavy (non-hydrogen) atoms. The molecular weight excluding hydrogens is 329 g/mol. The average Bonchev–Trinajstić information content (AvgIpc) is 2.60. The lowest BCUT2D eigenvalue weighted by atomic mass is 9.91. The predicted molar refractivity (Wildman–Crippen MR) is 100 cm³/mol. The molecule has 3 rings (SSSR count). The van der Waals surface area contributed by atoms with Gasteiger partial charge in [-0.3, -0.25) is 9.69 Å². The molecule has 0 spiro atoms. The zero-order valence-corrected chi connectivity index (χ0v) is 15.4. The molecule has 1 aromatic carbocycles. The van der Waals surface area contributed by atoms with Gasteiger partial charge in [0.1, 0.15) is 0 Å². The van der Waals surface area contributed by atoms with E-state index in [9.17, 15) is 9.18 Å². The molecule has 5 heteroatoms. The van der Waals surface area contributed by atoms with Crippen LogP contribution < -0.4 is 5.32 Å².